The highest BCUT2D eigenvalue weighted by molar-refractivity contribution is 5.66. The molecule has 0 N–H and O–H groups in total. The number of carbonyl (C=O) groups is 1. The van der Waals surface area contributed by atoms with Crippen LogP contribution in [0.15, 0.2) is 42.7 Å². The fourth-order valence-corrected chi connectivity index (χ4v) is 1.75. The van der Waals surface area contributed by atoms with E-state index < -0.39 is 0 Å². The van der Waals surface area contributed by atoms with E-state index in [1.54, 1.807) is 0 Å². The zero-order valence-corrected chi connectivity index (χ0v) is 8.72. The van der Waals surface area contributed by atoms with Gasteiger partial charge in [-0.2, -0.15) is 0 Å². The normalized spacial score (nSPS) is 24.1. The Morgan fingerprint density at radius 3 is 2.80 bits per heavy atom. The molecule has 0 saturated heterocycles. The van der Waals surface area contributed by atoms with Crippen LogP contribution in [0.5, 0.6) is 0 Å². The number of allylic oxidation sites excluding steroid dienone is 1. The highest BCUT2D eigenvalue weighted by Crippen LogP contribution is 2.48. The third-order valence-electron chi connectivity index (χ3n) is 2.63. The molecule has 0 bridgehead atoms. The maximum atomic E-state index is 10.5. The van der Waals surface area contributed by atoms with Gasteiger partial charge in [-0.1, -0.05) is 30.3 Å². The van der Waals surface area contributed by atoms with Gasteiger partial charge in [0.05, 0.1) is 6.26 Å². The minimum absolute atomic E-state index is 0.261. The summed E-state index contributed by atoms with van der Waals surface area (Å²) in [6, 6.07) is 10.4. The van der Waals surface area contributed by atoms with Crippen LogP contribution in [0.3, 0.4) is 0 Å². The third-order valence-corrected chi connectivity index (χ3v) is 2.63. The summed E-state index contributed by atoms with van der Waals surface area (Å²) in [5.74, 6) is 0.882. The van der Waals surface area contributed by atoms with Gasteiger partial charge in [-0.3, -0.25) is 4.79 Å². The van der Waals surface area contributed by atoms with Crippen molar-refractivity contribution in [2.45, 2.75) is 19.3 Å². The monoisotopic (exact) mass is 202 g/mol. The number of rotatable bonds is 3. The molecular weight excluding hydrogens is 188 g/mol. The largest absolute Gasteiger partial charge is 0.435 e. The number of carbonyl (C=O) groups excluding carboxylic acids is 1. The van der Waals surface area contributed by atoms with Crippen molar-refractivity contribution in [2.75, 3.05) is 0 Å². The van der Waals surface area contributed by atoms with E-state index in [0.717, 1.165) is 6.42 Å². The van der Waals surface area contributed by atoms with Crippen LogP contribution in [0.1, 0.15) is 24.8 Å². The molecule has 0 amide bonds. The molecule has 2 heteroatoms. The van der Waals surface area contributed by atoms with Gasteiger partial charge in [0.25, 0.3) is 0 Å². The predicted octanol–water partition coefficient (Wildman–Crippen LogP) is 2.87. The maximum Gasteiger partial charge on any atom is 0.307 e. The van der Waals surface area contributed by atoms with E-state index in [2.05, 4.69) is 24.3 Å². The van der Waals surface area contributed by atoms with Crippen molar-refractivity contribution in [1.82, 2.24) is 0 Å². The van der Waals surface area contributed by atoms with Gasteiger partial charge in [0.15, 0.2) is 0 Å². The Hall–Kier alpha value is -1.57. The predicted molar refractivity (Wildman–Crippen MR) is 58.2 cm³/mol. The minimum atomic E-state index is -0.261. The molecule has 15 heavy (non-hydrogen) atoms. The van der Waals surface area contributed by atoms with Gasteiger partial charge >= 0.3 is 5.97 Å². The number of esters is 1. The van der Waals surface area contributed by atoms with E-state index in [4.69, 9.17) is 4.74 Å². The molecule has 0 aliphatic heterocycles. The highest BCUT2D eigenvalue weighted by atomic mass is 16.5. The average molecular weight is 202 g/mol. The van der Waals surface area contributed by atoms with Crippen molar-refractivity contribution in [3.8, 4) is 0 Å². The fraction of sp³-hybridized carbons (Fsp3) is 0.308. The van der Waals surface area contributed by atoms with Gasteiger partial charge in [0.2, 0.25) is 0 Å². The van der Waals surface area contributed by atoms with E-state index in [1.165, 1.54) is 18.7 Å². The molecule has 0 spiro atoms. The van der Waals surface area contributed by atoms with Gasteiger partial charge in [-0.15, -0.1) is 0 Å². The molecule has 1 fully saturated rings. The molecule has 1 aliphatic rings. The summed E-state index contributed by atoms with van der Waals surface area (Å²) in [4.78, 5) is 10.5. The van der Waals surface area contributed by atoms with Gasteiger partial charge in [0, 0.05) is 6.92 Å². The lowest BCUT2D eigenvalue weighted by molar-refractivity contribution is -0.135. The molecule has 0 heterocycles. The fourth-order valence-electron chi connectivity index (χ4n) is 1.75. The second-order valence-corrected chi connectivity index (χ2v) is 3.85. The van der Waals surface area contributed by atoms with Gasteiger partial charge < -0.3 is 4.74 Å². The summed E-state index contributed by atoms with van der Waals surface area (Å²) in [6.45, 7) is 1.41. The quantitative estimate of drug-likeness (QED) is 0.556. The van der Waals surface area contributed by atoms with Crippen molar-refractivity contribution in [3.05, 3.63) is 48.2 Å². The lowest BCUT2D eigenvalue weighted by Gasteiger charge is -1.96. The summed E-state index contributed by atoms with van der Waals surface area (Å²) >= 11 is 0. The van der Waals surface area contributed by atoms with Crippen molar-refractivity contribution in [1.29, 1.82) is 0 Å². The summed E-state index contributed by atoms with van der Waals surface area (Å²) in [5, 5.41) is 0. The molecule has 1 aliphatic carbocycles. The molecule has 2 nitrogen and oxygen atoms in total. The number of hydrogen-bond acceptors (Lipinski definition) is 2. The third kappa shape index (κ3) is 2.69. The van der Waals surface area contributed by atoms with Gasteiger partial charge in [0.1, 0.15) is 0 Å². The van der Waals surface area contributed by atoms with Crippen LogP contribution < -0.4 is 0 Å². The molecule has 0 radical (unpaired) electrons. The summed E-state index contributed by atoms with van der Waals surface area (Å²) in [7, 11) is 0. The van der Waals surface area contributed by atoms with Crippen LogP contribution in [-0.2, 0) is 9.53 Å². The average Bonchev–Trinajstić information content (AvgIpc) is 2.98. The number of ether oxygens (including phenoxy) is 1. The lowest BCUT2D eigenvalue weighted by atomic mass is 10.1. The summed E-state index contributed by atoms with van der Waals surface area (Å²) in [6.07, 6.45) is 4.64. The lowest BCUT2D eigenvalue weighted by Crippen LogP contribution is -1.89. The molecule has 1 aromatic rings. The first-order valence-electron chi connectivity index (χ1n) is 5.16. The van der Waals surface area contributed by atoms with E-state index in [0.29, 0.717) is 11.8 Å². The Balaban J connectivity index is 1.86. The van der Waals surface area contributed by atoms with Crippen LogP contribution in [0.2, 0.25) is 0 Å². The maximum absolute atomic E-state index is 10.5. The minimum Gasteiger partial charge on any atom is -0.435 e. The van der Waals surface area contributed by atoms with E-state index in [-0.39, 0.29) is 5.97 Å². The zero-order valence-electron chi connectivity index (χ0n) is 8.72. The first-order valence-corrected chi connectivity index (χ1v) is 5.16. The summed E-state index contributed by atoms with van der Waals surface area (Å²) < 4.78 is 4.76. The Kier molecular flexibility index (Phi) is 2.86. The zero-order chi connectivity index (χ0) is 10.7. The van der Waals surface area contributed by atoms with Crippen molar-refractivity contribution in [3.63, 3.8) is 0 Å². The van der Waals surface area contributed by atoms with Crippen LogP contribution in [0.4, 0.5) is 0 Å². The number of hydrogen-bond donors (Lipinski definition) is 0. The molecule has 78 valence electrons. The second kappa shape index (κ2) is 4.30. The smallest absolute Gasteiger partial charge is 0.307 e. The van der Waals surface area contributed by atoms with Gasteiger partial charge in [-0.25, -0.2) is 0 Å². The van der Waals surface area contributed by atoms with Crippen molar-refractivity contribution in [2.24, 2.45) is 5.92 Å². The Bertz CT molecular complexity index is 367. The molecular formula is C13H14O2. The van der Waals surface area contributed by atoms with Crippen LogP contribution >= 0.6 is 0 Å². The van der Waals surface area contributed by atoms with E-state index in [1.807, 2.05) is 12.1 Å². The van der Waals surface area contributed by atoms with Crippen LogP contribution in [0.25, 0.3) is 0 Å². The molecule has 1 saturated carbocycles. The van der Waals surface area contributed by atoms with E-state index in [9.17, 15) is 4.79 Å². The molecule has 2 rings (SSSR count). The summed E-state index contributed by atoms with van der Waals surface area (Å²) in [5.41, 5.74) is 1.37. The topological polar surface area (TPSA) is 26.3 Å². The second-order valence-electron chi connectivity index (χ2n) is 3.85. The molecule has 0 aromatic heterocycles. The standard InChI is InChI=1S/C13H14O2/c1-10(14)15-8-7-12-9-13(12)11-5-3-2-4-6-11/h2-8,12-13H,9H2,1H3/b8-7-/t12-,13-/m1/s1. The number of benzene rings is 1. The van der Waals surface area contributed by atoms with Crippen molar-refractivity contribution < 1.29 is 9.53 Å². The van der Waals surface area contributed by atoms with E-state index >= 15 is 0 Å². The molecule has 1 aromatic carbocycles. The first-order chi connectivity index (χ1) is 7.27. The highest BCUT2D eigenvalue weighted by Gasteiger charge is 2.35. The molecule has 2 atom stereocenters. The van der Waals surface area contributed by atoms with Crippen LogP contribution in [0, 0.1) is 5.92 Å². The van der Waals surface area contributed by atoms with Crippen molar-refractivity contribution >= 4 is 5.97 Å². The first kappa shape index (κ1) is 9.97. The Morgan fingerprint density at radius 2 is 2.13 bits per heavy atom. The van der Waals surface area contributed by atoms with Crippen LogP contribution in [-0.4, -0.2) is 5.97 Å². The molecule has 0 unspecified atom stereocenters. The Labute approximate surface area is 89.6 Å². The van der Waals surface area contributed by atoms with Gasteiger partial charge in [-0.05, 0) is 29.9 Å². The Morgan fingerprint density at radius 1 is 1.40 bits per heavy atom. The SMILES string of the molecule is CC(=O)O/C=C\[C@@H]1C[C@@H]1c1ccccc1.